The minimum absolute atomic E-state index is 0.0428. The second kappa shape index (κ2) is 43.4. The minimum atomic E-state index is -3.84. The molecule has 72 heavy (non-hydrogen) atoms. The number of unbranched alkanes of at least 4 members (excludes halogenated alkanes) is 13. The Balaban J connectivity index is 1.99. The van der Waals surface area contributed by atoms with E-state index in [4.69, 9.17) is 28.6 Å². The van der Waals surface area contributed by atoms with Crippen LogP contribution in [-0.4, -0.2) is 168 Å². The second-order valence-electron chi connectivity index (χ2n) is 18.4. The first-order valence-electron chi connectivity index (χ1n) is 26.4. The van der Waals surface area contributed by atoms with Gasteiger partial charge in [0.1, 0.15) is 25.3 Å². The van der Waals surface area contributed by atoms with E-state index in [2.05, 4.69) is 31.9 Å². The Morgan fingerprint density at radius 1 is 0.514 bits per heavy atom. The van der Waals surface area contributed by atoms with Gasteiger partial charge in [-0.15, -0.1) is 0 Å². The number of carboxylic acid groups (broad SMARTS) is 2. The third-order valence-electron chi connectivity index (χ3n) is 12.2. The highest BCUT2D eigenvalue weighted by Gasteiger charge is 2.30. The molecule has 0 saturated heterocycles. The Kier molecular flexibility index (Phi) is 39.8. The first-order chi connectivity index (χ1) is 34.6. The van der Waals surface area contributed by atoms with Crippen LogP contribution in [0.2, 0.25) is 0 Å². The number of hydrogen-bond donors (Lipinski definition) is 9. The molecule has 0 bridgehead atoms. The molecule has 0 unspecified atom stereocenters. The quantitative estimate of drug-likeness (QED) is 0.0312. The minimum Gasteiger partial charge on any atom is -0.480 e. The van der Waals surface area contributed by atoms with E-state index >= 15 is 0 Å². The Morgan fingerprint density at radius 2 is 0.986 bits per heavy atom. The van der Waals surface area contributed by atoms with Gasteiger partial charge < -0.3 is 61.1 Å². The lowest BCUT2D eigenvalue weighted by molar-refractivity contribution is -0.143. The monoisotopic (exact) mass is 1050 g/mol. The van der Waals surface area contributed by atoms with Crippen molar-refractivity contribution in [1.82, 2.24) is 31.9 Å². The van der Waals surface area contributed by atoms with Gasteiger partial charge in [0.25, 0.3) is 10.1 Å². The number of likely N-dealkylation sites (N-methyl/N-ethyl adjacent to an activating group) is 1. The van der Waals surface area contributed by atoms with Crippen LogP contribution in [-0.2, 0) is 62.6 Å². The maximum atomic E-state index is 13.0. The smallest absolute Gasteiger partial charge is 0.326 e. The first-order valence-corrected chi connectivity index (χ1v) is 28.0. The normalized spacial score (nSPS) is 15.5. The van der Waals surface area contributed by atoms with Crippen LogP contribution < -0.4 is 31.9 Å². The standard InChI is InChI=1S/C49H90N6O16S/c1-2-50-41(48(61)62)18-15-16-26-51-45(58)37-70-33-32-69-30-28-53-46(59)38-71-34-31-68-29-27-52-44(57)25-24-42(49(63)64)55-47(60)40-22-20-39(21-23-40)36-54-43(56)19-14-12-10-8-6-4-3-5-7-9-11-13-17-35-72(65,66)67/h39-42,50H,2-38H2,1H3,(H,51,58)(H,52,57)(H,53,59)(H,54,56)(H,55,60)(H,61,62)(H,63,64)(H,65,66,67)/t39-,40-,41-,42-/m0/s1. The molecule has 0 aromatic carbocycles. The molecular weight excluding hydrogens is 961 g/mol. The number of carbonyl (C=O) groups excluding carboxylic acids is 5. The van der Waals surface area contributed by atoms with Gasteiger partial charge in [0.2, 0.25) is 29.5 Å². The van der Waals surface area contributed by atoms with Gasteiger partial charge in [-0.05, 0) is 76.7 Å². The lowest BCUT2D eigenvalue weighted by Gasteiger charge is -2.28. The summed E-state index contributed by atoms with van der Waals surface area (Å²) in [6, 6.07) is -1.79. The Hall–Kier alpha value is -4.00. The molecule has 0 aromatic rings. The van der Waals surface area contributed by atoms with Gasteiger partial charge in [-0.2, -0.15) is 8.42 Å². The summed E-state index contributed by atoms with van der Waals surface area (Å²) < 4.78 is 51.6. The number of ether oxygens (including phenoxy) is 4. The zero-order valence-electron chi connectivity index (χ0n) is 43.0. The summed E-state index contributed by atoms with van der Waals surface area (Å²) in [7, 11) is -3.84. The van der Waals surface area contributed by atoms with Crippen LogP contribution in [0.5, 0.6) is 0 Å². The van der Waals surface area contributed by atoms with Gasteiger partial charge in [-0.25, -0.2) is 4.79 Å². The molecule has 9 N–H and O–H groups in total. The van der Waals surface area contributed by atoms with Crippen molar-refractivity contribution in [2.75, 3.05) is 91.3 Å². The molecule has 1 saturated carbocycles. The fraction of sp³-hybridized carbons (Fsp3) is 0.857. The number of nitrogens with one attached hydrogen (secondary N) is 6. The summed E-state index contributed by atoms with van der Waals surface area (Å²) in [5.74, 6) is -3.60. The van der Waals surface area contributed by atoms with Crippen molar-refractivity contribution in [2.24, 2.45) is 11.8 Å². The van der Waals surface area contributed by atoms with E-state index in [1.54, 1.807) is 0 Å². The highest BCUT2D eigenvalue weighted by molar-refractivity contribution is 7.85. The summed E-state index contributed by atoms with van der Waals surface area (Å²) in [5.41, 5.74) is 0. The van der Waals surface area contributed by atoms with Crippen LogP contribution in [0.1, 0.15) is 155 Å². The molecule has 418 valence electrons. The van der Waals surface area contributed by atoms with Gasteiger partial charge in [0, 0.05) is 44.9 Å². The van der Waals surface area contributed by atoms with E-state index in [-0.39, 0.29) is 126 Å². The Morgan fingerprint density at radius 3 is 1.50 bits per heavy atom. The lowest BCUT2D eigenvalue weighted by Crippen LogP contribution is -2.45. The molecule has 1 rings (SSSR count). The molecule has 0 spiro atoms. The summed E-state index contributed by atoms with van der Waals surface area (Å²) >= 11 is 0. The largest absolute Gasteiger partial charge is 0.480 e. The zero-order valence-corrected chi connectivity index (χ0v) is 43.8. The highest BCUT2D eigenvalue weighted by Crippen LogP contribution is 2.29. The van der Waals surface area contributed by atoms with E-state index in [0.717, 1.165) is 64.2 Å². The van der Waals surface area contributed by atoms with Crippen LogP contribution in [0.25, 0.3) is 0 Å². The molecule has 1 fully saturated rings. The maximum absolute atomic E-state index is 13.0. The molecular formula is C49H90N6O16S. The number of aliphatic carboxylic acids is 2. The van der Waals surface area contributed by atoms with Crippen LogP contribution in [0.3, 0.4) is 0 Å². The van der Waals surface area contributed by atoms with Crippen LogP contribution in [0.4, 0.5) is 0 Å². The molecule has 0 radical (unpaired) electrons. The third kappa shape index (κ3) is 39.5. The van der Waals surface area contributed by atoms with E-state index < -0.39 is 34.1 Å². The van der Waals surface area contributed by atoms with Crippen LogP contribution in [0, 0.1) is 11.8 Å². The number of carboxylic acids is 2. The predicted molar refractivity (Wildman–Crippen MR) is 270 cm³/mol. The van der Waals surface area contributed by atoms with Crippen molar-refractivity contribution >= 4 is 51.6 Å². The van der Waals surface area contributed by atoms with E-state index in [1.807, 2.05) is 6.92 Å². The molecule has 22 nitrogen and oxygen atoms in total. The maximum Gasteiger partial charge on any atom is 0.326 e. The van der Waals surface area contributed by atoms with Crippen LogP contribution in [0.15, 0.2) is 0 Å². The van der Waals surface area contributed by atoms with Gasteiger partial charge in [0.05, 0.1) is 45.4 Å². The average molecular weight is 1050 g/mol. The predicted octanol–water partition coefficient (Wildman–Crippen LogP) is 3.26. The van der Waals surface area contributed by atoms with Crippen LogP contribution >= 0.6 is 0 Å². The van der Waals surface area contributed by atoms with Crippen molar-refractivity contribution in [3.8, 4) is 0 Å². The van der Waals surface area contributed by atoms with Gasteiger partial charge in [-0.3, -0.25) is 33.3 Å². The Labute approximate surface area is 427 Å². The summed E-state index contributed by atoms with van der Waals surface area (Å²) in [4.78, 5) is 84.6. The molecule has 0 aliphatic heterocycles. The van der Waals surface area contributed by atoms with Crippen molar-refractivity contribution in [1.29, 1.82) is 0 Å². The topological polar surface area (TPSA) is 323 Å². The third-order valence-corrected chi connectivity index (χ3v) is 13.0. The van der Waals surface area contributed by atoms with Gasteiger partial charge >= 0.3 is 11.9 Å². The molecule has 2 atom stereocenters. The number of hydrogen-bond acceptors (Lipinski definition) is 14. The number of carbonyl (C=O) groups is 7. The molecule has 5 amide bonds. The fourth-order valence-corrected chi connectivity index (χ4v) is 8.63. The van der Waals surface area contributed by atoms with Gasteiger partial charge in [-0.1, -0.05) is 77.6 Å². The van der Waals surface area contributed by atoms with E-state index in [0.29, 0.717) is 64.6 Å². The molecule has 1 aliphatic carbocycles. The van der Waals surface area contributed by atoms with E-state index in [1.165, 1.54) is 25.7 Å². The fourth-order valence-electron chi connectivity index (χ4n) is 8.06. The summed E-state index contributed by atoms with van der Waals surface area (Å²) in [5, 5.41) is 35.4. The average Bonchev–Trinajstić information content (AvgIpc) is 3.34. The SMILES string of the molecule is CCN[C@@H](CCCCNC(=O)COCCOCCNC(=O)COCCOCCNC(=O)CC[C@H](NC(=O)[C@H]1CC[C@H](CNC(=O)CCCCCCCCCCCCCCCS(=O)(=O)O)CC1)C(=O)O)C(=O)O. The van der Waals surface area contributed by atoms with Crippen molar-refractivity contribution in [2.45, 2.75) is 167 Å². The highest BCUT2D eigenvalue weighted by atomic mass is 32.2. The lowest BCUT2D eigenvalue weighted by atomic mass is 9.81. The summed E-state index contributed by atoms with van der Waals surface area (Å²) in [6.45, 7) is 4.71. The summed E-state index contributed by atoms with van der Waals surface area (Å²) in [6.07, 6.45) is 18.3. The molecule has 0 aromatic heterocycles. The van der Waals surface area contributed by atoms with Crippen molar-refractivity contribution < 1.29 is 75.7 Å². The Bertz CT molecular complexity index is 1620. The number of amides is 5. The van der Waals surface area contributed by atoms with Gasteiger partial charge in [0.15, 0.2) is 0 Å². The van der Waals surface area contributed by atoms with Crippen molar-refractivity contribution in [3.05, 3.63) is 0 Å². The molecule has 1 aliphatic rings. The van der Waals surface area contributed by atoms with Crippen molar-refractivity contribution in [3.63, 3.8) is 0 Å². The second-order valence-corrected chi connectivity index (χ2v) is 20.0. The van der Waals surface area contributed by atoms with E-state index in [9.17, 15) is 47.1 Å². The zero-order chi connectivity index (χ0) is 53.1. The molecule has 23 heteroatoms. The first kappa shape index (κ1) is 66.0. The number of rotatable bonds is 48. The molecule has 0 heterocycles.